The van der Waals surface area contributed by atoms with Gasteiger partial charge in [0.25, 0.3) is 5.56 Å². The molecule has 0 radical (unpaired) electrons. The van der Waals surface area contributed by atoms with E-state index in [0.717, 1.165) is 30.3 Å². The first-order valence-electron chi connectivity index (χ1n) is 8.73. The molecule has 0 aliphatic heterocycles. The van der Waals surface area contributed by atoms with Crippen molar-refractivity contribution in [2.24, 2.45) is 4.99 Å². The molecule has 0 aliphatic carbocycles. The zero-order valence-corrected chi connectivity index (χ0v) is 15.4. The lowest BCUT2D eigenvalue weighted by Crippen LogP contribution is -2.32. The molecule has 0 amide bonds. The van der Waals surface area contributed by atoms with E-state index in [2.05, 4.69) is 16.9 Å². The van der Waals surface area contributed by atoms with Gasteiger partial charge in [-0.3, -0.25) is 14.8 Å². The molecular weight excluding hydrogens is 334 g/mol. The first-order valence-corrected chi connectivity index (χ1v) is 8.73. The fourth-order valence-corrected chi connectivity index (χ4v) is 2.69. The van der Waals surface area contributed by atoms with Gasteiger partial charge in [0.15, 0.2) is 0 Å². The second-order valence-corrected chi connectivity index (χ2v) is 6.02. The summed E-state index contributed by atoms with van der Waals surface area (Å²) in [5, 5.41) is 10.6. The monoisotopic (exact) mass is 359 g/mol. The highest BCUT2D eigenvalue weighted by atomic mass is 16.5. The number of H-pyrrole nitrogens is 1. The summed E-state index contributed by atoms with van der Waals surface area (Å²) >= 11 is 0. The van der Waals surface area contributed by atoms with Crippen molar-refractivity contribution in [3.05, 3.63) is 50.7 Å². The molecule has 1 heterocycles. The summed E-state index contributed by atoms with van der Waals surface area (Å²) in [4.78, 5) is 31.0. The van der Waals surface area contributed by atoms with Crippen LogP contribution in [-0.2, 0) is 0 Å². The molecular formula is C19H25N3O4. The largest absolute Gasteiger partial charge is 0.497 e. The minimum atomic E-state index is -0.711. The second kappa shape index (κ2) is 9.03. The van der Waals surface area contributed by atoms with Crippen LogP contribution in [0.25, 0.3) is 5.69 Å². The second-order valence-electron chi connectivity index (χ2n) is 6.02. The van der Waals surface area contributed by atoms with Gasteiger partial charge in [-0.15, -0.1) is 0 Å². The van der Waals surface area contributed by atoms with Crippen LogP contribution in [-0.4, -0.2) is 34.0 Å². The van der Waals surface area contributed by atoms with Gasteiger partial charge < -0.3 is 9.84 Å². The first-order chi connectivity index (χ1) is 12.5. The zero-order chi connectivity index (χ0) is 19.1. The fourth-order valence-electron chi connectivity index (χ4n) is 2.69. The lowest BCUT2D eigenvalue weighted by Gasteiger charge is -2.12. The standard InChI is InChI=1S/C19H25N3O4/c1-4-5-6-7-12-20-13(2)16-17(23)21-19(25)22(18(16)24)14-8-10-15(26-3)11-9-14/h8-11,24H,4-7,12H2,1-3H3,(H,21,23,25). The first kappa shape index (κ1) is 19.5. The van der Waals surface area contributed by atoms with E-state index >= 15 is 0 Å². The Morgan fingerprint density at radius 3 is 2.50 bits per heavy atom. The van der Waals surface area contributed by atoms with Crippen LogP contribution in [0.4, 0.5) is 0 Å². The van der Waals surface area contributed by atoms with E-state index in [1.54, 1.807) is 31.2 Å². The summed E-state index contributed by atoms with van der Waals surface area (Å²) < 4.78 is 6.14. The molecule has 0 saturated heterocycles. The molecule has 0 bridgehead atoms. The van der Waals surface area contributed by atoms with E-state index < -0.39 is 17.1 Å². The third-order valence-corrected chi connectivity index (χ3v) is 4.14. The lowest BCUT2D eigenvalue weighted by atomic mass is 10.2. The van der Waals surface area contributed by atoms with Crippen molar-refractivity contribution in [1.82, 2.24) is 9.55 Å². The van der Waals surface area contributed by atoms with Crippen molar-refractivity contribution in [3.8, 4) is 17.3 Å². The topological polar surface area (TPSA) is 96.7 Å². The van der Waals surface area contributed by atoms with Gasteiger partial charge in [-0.2, -0.15) is 0 Å². The SMILES string of the molecule is CCCCCCN=C(C)c1c(O)n(-c2ccc(OC)cc2)c(=O)[nH]c1=O. The Hall–Kier alpha value is -2.83. The Morgan fingerprint density at radius 1 is 1.19 bits per heavy atom. The van der Waals surface area contributed by atoms with Gasteiger partial charge in [0, 0.05) is 12.3 Å². The molecule has 0 aliphatic rings. The molecule has 140 valence electrons. The van der Waals surface area contributed by atoms with E-state index in [0.29, 0.717) is 23.7 Å². The summed E-state index contributed by atoms with van der Waals surface area (Å²) in [7, 11) is 1.54. The number of aromatic nitrogens is 2. The molecule has 7 heteroatoms. The van der Waals surface area contributed by atoms with E-state index in [4.69, 9.17) is 4.74 Å². The van der Waals surface area contributed by atoms with Gasteiger partial charge in [0.05, 0.1) is 12.8 Å². The highest BCUT2D eigenvalue weighted by Gasteiger charge is 2.17. The van der Waals surface area contributed by atoms with Crippen LogP contribution in [0, 0.1) is 0 Å². The number of benzene rings is 1. The van der Waals surface area contributed by atoms with Crippen molar-refractivity contribution in [2.75, 3.05) is 13.7 Å². The van der Waals surface area contributed by atoms with Crippen LogP contribution >= 0.6 is 0 Å². The van der Waals surface area contributed by atoms with Gasteiger partial charge in [-0.1, -0.05) is 26.2 Å². The molecule has 2 aromatic rings. The Bertz CT molecular complexity index is 879. The molecule has 1 aromatic carbocycles. The lowest BCUT2D eigenvalue weighted by molar-refractivity contribution is 0.414. The number of nitrogens with zero attached hydrogens (tertiary/aromatic N) is 2. The average Bonchev–Trinajstić information content (AvgIpc) is 2.61. The predicted octanol–water partition coefficient (Wildman–Crippen LogP) is 2.63. The number of unbranched alkanes of at least 4 members (excludes halogenated alkanes) is 3. The normalized spacial score (nSPS) is 11.6. The van der Waals surface area contributed by atoms with Gasteiger partial charge in [-0.25, -0.2) is 9.36 Å². The van der Waals surface area contributed by atoms with Gasteiger partial charge >= 0.3 is 5.69 Å². The summed E-state index contributed by atoms with van der Waals surface area (Å²) in [5.74, 6) is 0.203. The number of nitrogens with one attached hydrogen (secondary N) is 1. The molecule has 1 aromatic heterocycles. The quantitative estimate of drug-likeness (QED) is 0.559. The van der Waals surface area contributed by atoms with Crippen LogP contribution in [0.2, 0.25) is 0 Å². The molecule has 7 nitrogen and oxygen atoms in total. The minimum Gasteiger partial charge on any atom is -0.497 e. The molecule has 0 saturated carbocycles. The summed E-state index contributed by atoms with van der Waals surface area (Å²) in [6.45, 7) is 4.37. The van der Waals surface area contributed by atoms with Crippen LogP contribution in [0.1, 0.15) is 45.1 Å². The van der Waals surface area contributed by atoms with Crippen LogP contribution < -0.4 is 16.0 Å². The van der Waals surface area contributed by atoms with Crippen LogP contribution in [0.5, 0.6) is 11.6 Å². The maximum Gasteiger partial charge on any atom is 0.335 e. The number of ether oxygens (including phenoxy) is 1. The van der Waals surface area contributed by atoms with Crippen molar-refractivity contribution in [2.45, 2.75) is 39.5 Å². The smallest absolute Gasteiger partial charge is 0.335 e. The van der Waals surface area contributed by atoms with E-state index in [1.807, 2.05) is 0 Å². The Labute approximate surface area is 152 Å². The third kappa shape index (κ3) is 4.41. The maximum atomic E-state index is 12.2. The minimum absolute atomic E-state index is 0.0101. The number of hydrogen-bond acceptors (Lipinski definition) is 5. The molecule has 0 unspecified atom stereocenters. The van der Waals surface area contributed by atoms with Crippen LogP contribution in [0.15, 0.2) is 38.8 Å². The van der Waals surface area contributed by atoms with Gasteiger partial charge in [-0.05, 0) is 37.6 Å². The number of aliphatic imine (C=N–C) groups is 1. The van der Waals surface area contributed by atoms with E-state index in [9.17, 15) is 14.7 Å². The fraction of sp³-hybridized carbons (Fsp3) is 0.421. The molecule has 0 spiro atoms. The predicted molar refractivity (Wildman–Crippen MR) is 102 cm³/mol. The molecule has 0 fully saturated rings. The average molecular weight is 359 g/mol. The highest BCUT2D eigenvalue weighted by Crippen LogP contribution is 2.19. The van der Waals surface area contributed by atoms with Crippen molar-refractivity contribution in [3.63, 3.8) is 0 Å². The zero-order valence-electron chi connectivity index (χ0n) is 15.4. The van der Waals surface area contributed by atoms with E-state index in [1.165, 1.54) is 7.11 Å². The number of methoxy groups -OCH3 is 1. The van der Waals surface area contributed by atoms with Crippen molar-refractivity contribution in [1.29, 1.82) is 0 Å². The molecule has 2 N–H and O–H groups in total. The molecule has 0 atom stereocenters. The Kier molecular flexibility index (Phi) is 6.77. The third-order valence-electron chi connectivity index (χ3n) is 4.14. The van der Waals surface area contributed by atoms with Crippen LogP contribution in [0.3, 0.4) is 0 Å². The van der Waals surface area contributed by atoms with Gasteiger partial charge in [0.2, 0.25) is 5.88 Å². The maximum absolute atomic E-state index is 12.2. The summed E-state index contributed by atoms with van der Waals surface area (Å²) in [5.41, 5.74) is -0.524. The van der Waals surface area contributed by atoms with Crippen molar-refractivity contribution < 1.29 is 9.84 Å². The highest BCUT2D eigenvalue weighted by molar-refractivity contribution is 6.00. The number of aromatic hydroxyl groups is 1. The molecule has 26 heavy (non-hydrogen) atoms. The Morgan fingerprint density at radius 2 is 1.88 bits per heavy atom. The molecule has 2 rings (SSSR count). The van der Waals surface area contributed by atoms with Gasteiger partial charge in [0.1, 0.15) is 11.3 Å². The van der Waals surface area contributed by atoms with Crippen molar-refractivity contribution >= 4 is 5.71 Å². The number of aromatic amines is 1. The number of hydrogen-bond donors (Lipinski definition) is 2. The van der Waals surface area contributed by atoms with E-state index in [-0.39, 0.29) is 5.56 Å². The number of rotatable bonds is 8. The summed E-state index contributed by atoms with van der Waals surface area (Å²) in [6.07, 6.45) is 4.27. The Balaban J connectivity index is 2.40. The summed E-state index contributed by atoms with van der Waals surface area (Å²) in [6, 6.07) is 6.58.